The lowest BCUT2D eigenvalue weighted by Crippen LogP contribution is -2.36. The molecule has 122 valence electrons. The number of aromatic nitrogens is 3. The lowest BCUT2D eigenvalue weighted by molar-refractivity contribution is 0.0948. The highest BCUT2D eigenvalue weighted by Crippen LogP contribution is 2.17. The third kappa shape index (κ3) is 3.17. The van der Waals surface area contributed by atoms with Crippen LogP contribution in [0.2, 0.25) is 0 Å². The highest BCUT2D eigenvalue weighted by atomic mass is 16.3. The van der Waals surface area contributed by atoms with Crippen molar-refractivity contribution in [3.8, 4) is 11.5 Å². The van der Waals surface area contributed by atoms with Crippen molar-refractivity contribution in [2.45, 2.75) is 6.54 Å². The fourth-order valence-electron chi connectivity index (χ4n) is 2.09. The van der Waals surface area contributed by atoms with Gasteiger partial charge in [-0.3, -0.25) is 14.6 Å². The maximum absolute atomic E-state index is 12.1. The Hall–Kier alpha value is -3.42. The van der Waals surface area contributed by atoms with E-state index in [-0.39, 0.29) is 12.1 Å². The molecule has 0 aliphatic heterocycles. The Morgan fingerprint density at radius 2 is 2.04 bits per heavy atom. The number of oxazole rings is 1. The lowest BCUT2D eigenvalue weighted by atomic mass is 10.2. The van der Waals surface area contributed by atoms with Crippen LogP contribution in [0.5, 0.6) is 0 Å². The van der Waals surface area contributed by atoms with Gasteiger partial charge in [-0.2, -0.15) is 0 Å². The van der Waals surface area contributed by atoms with E-state index in [0.29, 0.717) is 11.6 Å². The van der Waals surface area contributed by atoms with Gasteiger partial charge in [0.15, 0.2) is 0 Å². The number of aryl methyl sites for hydroxylation is 1. The number of hydrogen-bond acceptors (Lipinski definition) is 5. The molecule has 0 radical (unpaired) electrons. The van der Waals surface area contributed by atoms with E-state index >= 15 is 0 Å². The number of aromatic amines is 1. The summed E-state index contributed by atoms with van der Waals surface area (Å²) in [5, 5.41) is 2.57. The molecule has 1 aromatic carbocycles. The second-order valence-electron chi connectivity index (χ2n) is 5.11. The van der Waals surface area contributed by atoms with Crippen LogP contribution in [-0.4, -0.2) is 20.4 Å². The number of hydrogen-bond donors (Lipinski definition) is 2. The van der Waals surface area contributed by atoms with Crippen molar-refractivity contribution in [2.24, 2.45) is 7.05 Å². The maximum Gasteiger partial charge on any atom is 0.328 e. The first-order chi connectivity index (χ1) is 11.5. The zero-order chi connectivity index (χ0) is 17.1. The SMILES string of the molecule is Cn1cc(C(=O)NCc2coc(-c3ccccc3)n2)c(=O)[nH]c1=O. The third-order valence-corrected chi connectivity index (χ3v) is 3.36. The van der Waals surface area contributed by atoms with Crippen LogP contribution in [0.25, 0.3) is 11.5 Å². The van der Waals surface area contributed by atoms with Crippen LogP contribution in [0, 0.1) is 0 Å². The standard InChI is InChI=1S/C16H14N4O4/c1-20-8-12(14(22)19-16(20)23)13(21)17-7-11-9-24-15(18-11)10-5-3-2-4-6-10/h2-6,8-9H,7H2,1H3,(H,17,21)(H,19,22,23). The normalized spacial score (nSPS) is 10.5. The minimum absolute atomic E-state index is 0.0947. The van der Waals surface area contributed by atoms with Gasteiger partial charge in [-0.25, -0.2) is 9.78 Å². The Morgan fingerprint density at radius 1 is 1.29 bits per heavy atom. The van der Waals surface area contributed by atoms with Gasteiger partial charge >= 0.3 is 5.69 Å². The van der Waals surface area contributed by atoms with Crippen molar-refractivity contribution in [1.82, 2.24) is 19.9 Å². The van der Waals surface area contributed by atoms with Crippen molar-refractivity contribution >= 4 is 5.91 Å². The topological polar surface area (TPSA) is 110 Å². The second-order valence-corrected chi connectivity index (χ2v) is 5.11. The van der Waals surface area contributed by atoms with E-state index in [2.05, 4.69) is 15.3 Å². The summed E-state index contributed by atoms with van der Waals surface area (Å²) < 4.78 is 6.50. The molecule has 0 atom stereocenters. The van der Waals surface area contributed by atoms with Gasteiger partial charge in [0.2, 0.25) is 5.89 Å². The zero-order valence-corrected chi connectivity index (χ0v) is 12.8. The van der Waals surface area contributed by atoms with Crippen molar-refractivity contribution in [3.05, 3.63) is 74.9 Å². The summed E-state index contributed by atoms with van der Waals surface area (Å²) in [5.41, 5.74) is -0.127. The largest absolute Gasteiger partial charge is 0.444 e. The molecule has 0 aliphatic carbocycles. The second kappa shape index (κ2) is 6.37. The summed E-state index contributed by atoms with van der Waals surface area (Å²) in [6.07, 6.45) is 2.63. The monoisotopic (exact) mass is 326 g/mol. The summed E-state index contributed by atoms with van der Waals surface area (Å²) in [7, 11) is 1.44. The zero-order valence-electron chi connectivity index (χ0n) is 12.8. The molecule has 0 unspecified atom stereocenters. The molecule has 8 nitrogen and oxygen atoms in total. The van der Waals surface area contributed by atoms with E-state index < -0.39 is 17.2 Å². The minimum atomic E-state index is -0.735. The number of carbonyl (C=O) groups is 1. The van der Waals surface area contributed by atoms with Crippen LogP contribution in [-0.2, 0) is 13.6 Å². The number of nitrogens with zero attached hydrogens (tertiary/aromatic N) is 2. The molecule has 0 bridgehead atoms. The van der Waals surface area contributed by atoms with E-state index in [1.54, 1.807) is 0 Å². The number of amides is 1. The van der Waals surface area contributed by atoms with Gasteiger partial charge in [0.1, 0.15) is 11.8 Å². The van der Waals surface area contributed by atoms with E-state index in [1.165, 1.54) is 19.5 Å². The molecule has 2 aromatic heterocycles. The Morgan fingerprint density at radius 3 is 2.79 bits per heavy atom. The number of nitrogens with one attached hydrogen (secondary N) is 2. The number of H-pyrrole nitrogens is 1. The Kier molecular flexibility index (Phi) is 4.11. The van der Waals surface area contributed by atoms with Gasteiger partial charge in [0.25, 0.3) is 11.5 Å². The average Bonchev–Trinajstić information content (AvgIpc) is 3.06. The molecule has 3 rings (SSSR count). The first-order valence-electron chi connectivity index (χ1n) is 7.12. The van der Waals surface area contributed by atoms with E-state index in [0.717, 1.165) is 10.1 Å². The molecule has 0 aliphatic rings. The van der Waals surface area contributed by atoms with Crippen LogP contribution in [0.1, 0.15) is 16.1 Å². The van der Waals surface area contributed by atoms with E-state index in [1.807, 2.05) is 30.3 Å². The molecule has 1 amide bonds. The number of carbonyl (C=O) groups excluding carboxylic acids is 1. The Labute approximate surface area is 135 Å². The molecule has 3 aromatic rings. The minimum Gasteiger partial charge on any atom is -0.444 e. The summed E-state index contributed by atoms with van der Waals surface area (Å²) in [5.74, 6) is -0.157. The van der Waals surface area contributed by atoms with Crippen LogP contribution in [0.4, 0.5) is 0 Å². The first kappa shape index (κ1) is 15.5. The molecule has 8 heteroatoms. The van der Waals surface area contributed by atoms with Gasteiger partial charge in [-0.05, 0) is 12.1 Å². The Balaban J connectivity index is 1.71. The smallest absolute Gasteiger partial charge is 0.328 e. The molecule has 0 spiro atoms. The van der Waals surface area contributed by atoms with Gasteiger partial charge in [0, 0.05) is 18.8 Å². The van der Waals surface area contributed by atoms with E-state index in [4.69, 9.17) is 4.42 Å². The fourth-order valence-corrected chi connectivity index (χ4v) is 2.09. The third-order valence-electron chi connectivity index (χ3n) is 3.36. The van der Waals surface area contributed by atoms with Crippen molar-refractivity contribution < 1.29 is 9.21 Å². The fraction of sp³-hybridized carbons (Fsp3) is 0.125. The summed E-state index contributed by atoms with van der Waals surface area (Å²) in [6.45, 7) is 0.0947. The maximum atomic E-state index is 12.1. The summed E-state index contributed by atoms with van der Waals surface area (Å²) in [6, 6.07) is 9.34. The first-order valence-corrected chi connectivity index (χ1v) is 7.12. The van der Waals surface area contributed by atoms with Gasteiger partial charge in [-0.15, -0.1) is 0 Å². The van der Waals surface area contributed by atoms with Gasteiger partial charge < -0.3 is 14.3 Å². The van der Waals surface area contributed by atoms with Crippen molar-refractivity contribution in [2.75, 3.05) is 0 Å². The Bertz CT molecular complexity index is 985. The summed E-state index contributed by atoms with van der Waals surface area (Å²) >= 11 is 0. The molecule has 24 heavy (non-hydrogen) atoms. The molecule has 2 N–H and O–H groups in total. The van der Waals surface area contributed by atoms with Crippen molar-refractivity contribution in [1.29, 1.82) is 0 Å². The van der Waals surface area contributed by atoms with Crippen LogP contribution in [0.15, 0.2) is 56.8 Å². The van der Waals surface area contributed by atoms with Crippen molar-refractivity contribution in [3.63, 3.8) is 0 Å². The quantitative estimate of drug-likeness (QED) is 0.732. The molecule has 2 heterocycles. The van der Waals surface area contributed by atoms with Crippen LogP contribution < -0.4 is 16.6 Å². The molecular weight excluding hydrogens is 312 g/mol. The molecular formula is C16H14N4O4. The number of rotatable bonds is 4. The van der Waals surface area contributed by atoms with Crippen LogP contribution in [0.3, 0.4) is 0 Å². The van der Waals surface area contributed by atoms with E-state index in [9.17, 15) is 14.4 Å². The summed E-state index contributed by atoms with van der Waals surface area (Å²) in [4.78, 5) is 41.4. The average molecular weight is 326 g/mol. The highest BCUT2D eigenvalue weighted by Gasteiger charge is 2.13. The molecule has 0 fully saturated rings. The molecule has 0 saturated carbocycles. The van der Waals surface area contributed by atoms with Gasteiger partial charge in [0.05, 0.1) is 12.2 Å². The predicted molar refractivity (Wildman–Crippen MR) is 85.4 cm³/mol. The molecule has 0 saturated heterocycles. The van der Waals surface area contributed by atoms with Crippen LogP contribution >= 0.6 is 0 Å². The lowest BCUT2D eigenvalue weighted by Gasteiger charge is -2.03. The number of benzene rings is 1. The predicted octanol–water partition coefficient (Wildman–Crippen LogP) is 0.659. The highest BCUT2D eigenvalue weighted by molar-refractivity contribution is 5.93. The van der Waals surface area contributed by atoms with Gasteiger partial charge in [-0.1, -0.05) is 18.2 Å².